The van der Waals surface area contributed by atoms with Gasteiger partial charge in [0.25, 0.3) is 5.78 Å². The van der Waals surface area contributed by atoms with Crippen LogP contribution in [0.3, 0.4) is 0 Å². The zero-order valence-corrected chi connectivity index (χ0v) is 56.4. The molecule has 3 aliphatic heterocycles. The Morgan fingerprint density at radius 3 is 1.69 bits per heavy atom. The molecule has 0 amide bonds. The summed E-state index contributed by atoms with van der Waals surface area (Å²) in [5.41, 5.74) is 18.4. The fraction of sp³-hybridized carbons (Fsp3) is 0.177. The van der Waals surface area contributed by atoms with Crippen LogP contribution in [0.5, 0.6) is 0 Å². The van der Waals surface area contributed by atoms with Crippen LogP contribution in [0.2, 0.25) is 0 Å². The van der Waals surface area contributed by atoms with Crippen molar-refractivity contribution < 1.29 is 22.4 Å². The van der Waals surface area contributed by atoms with Crippen LogP contribution >= 0.6 is 22.7 Å². The van der Waals surface area contributed by atoms with E-state index in [2.05, 4.69) is 284 Å². The number of anilines is 3. The third-order valence-electron chi connectivity index (χ3n) is 19.8. The van der Waals surface area contributed by atoms with Crippen molar-refractivity contribution >= 4 is 168 Å². The van der Waals surface area contributed by atoms with Crippen molar-refractivity contribution in [3.63, 3.8) is 0 Å². The summed E-state index contributed by atoms with van der Waals surface area (Å²) >= 11 is 3.82. The number of furan rings is 4. The fourth-order valence-electron chi connectivity index (χ4n) is 14.3. The lowest BCUT2D eigenvalue weighted by Gasteiger charge is -2.28. The molecule has 9 aromatic heterocycles. The van der Waals surface area contributed by atoms with E-state index in [1.807, 2.05) is 65.1 Å². The summed E-state index contributed by atoms with van der Waals surface area (Å²) in [5, 5.41) is 11.9. The van der Waals surface area contributed by atoms with Gasteiger partial charge in [-0.1, -0.05) is 84.9 Å². The minimum atomic E-state index is 0.252. The van der Waals surface area contributed by atoms with E-state index in [0.717, 1.165) is 77.5 Å². The maximum absolute atomic E-state index is 6.33. The summed E-state index contributed by atoms with van der Waals surface area (Å²) < 4.78 is 34.2. The maximum Gasteiger partial charge on any atom is 0.299 e. The monoisotopic (exact) mass is 1290 g/mol. The zero-order chi connectivity index (χ0) is 64.8. The lowest BCUT2D eigenvalue weighted by Crippen LogP contribution is -2.36. The Labute approximate surface area is 555 Å². The van der Waals surface area contributed by atoms with Crippen LogP contribution in [0.15, 0.2) is 219 Å². The average molecular weight is 1290 g/mol. The highest BCUT2D eigenvalue weighted by Crippen LogP contribution is 2.47. The number of aromatic amines is 2. The minimum Gasteiger partial charge on any atom is -0.452 e. The number of nitrogens with one attached hydrogen (secondary N) is 2. The topological polar surface area (TPSA) is 112 Å². The van der Waals surface area contributed by atoms with E-state index in [1.165, 1.54) is 90.4 Å². The first-order valence-electron chi connectivity index (χ1n) is 32.3. The van der Waals surface area contributed by atoms with Gasteiger partial charge in [0.15, 0.2) is 30.0 Å². The Balaban J connectivity index is 0.0000000961. The van der Waals surface area contributed by atoms with Gasteiger partial charge in [-0.15, -0.1) is 32.0 Å². The largest absolute Gasteiger partial charge is 0.452 e. The summed E-state index contributed by atoms with van der Waals surface area (Å²) in [6.45, 7) is 15.2. The molecule has 95 heavy (non-hydrogen) atoms. The molecule has 14 nitrogen and oxygen atoms in total. The van der Waals surface area contributed by atoms with E-state index >= 15 is 0 Å². The number of hydrogen-bond acceptors (Lipinski definition) is 12. The number of aromatic nitrogens is 4. The summed E-state index contributed by atoms with van der Waals surface area (Å²) in [6.07, 6.45) is 17.7. The van der Waals surface area contributed by atoms with Crippen molar-refractivity contribution in [2.24, 2.45) is 7.05 Å². The highest BCUT2D eigenvalue weighted by atomic mass is 32.1. The highest BCUT2D eigenvalue weighted by Gasteiger charge is 2.30. The molecule has 0 fully saturated rings. The third-order valence-corrected chi connectivity index (χ3v) is 22.4. The van der Waals surface area contributed by atoms with Gasteiger partial charge >= 0.3 is 0 Å². The van der Waals surface area contributed by atoms with Gasteiger partial charge in [0, 0.05) is 129 Å². The van der Waals surface area contributed by atoms with Gasteiger partial charge in [0.05, 0.1) is 48.6 Å². The molecule has 20 rings (SSSR count). The quantitative estimate of drug-likeness (QED) is 0.165. The Hall–Kier alpha value is -10.8. The summed E-state index contributed by atoms with van der Waals surface area (Å²) in [7, 11) is 8.35. The van der Waals surface area contributed by atoms with Crippen molar-refractivity contribution in [1.29, 1.82) is 0 Å². The predicted octanol–water partition coefficient (Wildman–Crippen LogP) is 20.3. The molecule has 0 unspecified atom stereocenters. The van der Waals surface area contributed by atoms with Crippen LogP contribution in [0, 0.1) is 27.7 Å². The van der Waals surface area contributed by atoms with E-state index in [9.17, 15) is 0 Å². The number of fused-ring (bicyclic) bond motifs is 20. The Morgan fingerprint density at radius 1 is 0.421 bits per heavy atom. The standard InChI is InChI=1S/C20H20N4.2C20H18N2O2.C19H15N2S2/c1-12-8-9-15-17-14-6-4-5-7-16(14)21-20(17)22-18(15)19(12)24-11-10-23(3)13(24)2;1-12-10-15-18(11-16(12)22-9-8-21(3)13(22)2)24-20-19(15)14-6-4-5-7-17(14)23-20;1-12-8-9-15-18(17(12)22-11-10-21(3)13(22)2)24-19-14-6-4-5-7-16(14)23-20(15)19;1-12-10-14-17(11-15(12)21-9-5-8-20(21)2)23-18-13-6-3-4-7-16(13)22-19(14)18/h4-11,13,21-22H,1-3H3;2*4-11,13H,1-3H3;3-11H,1-2H3/q;;;+1/t3*13-;/m000./s1. The first kappa shape index (κ1) is 58.0. The Morgan fingerprint density at radius 2 is 0.989 bits per heavy atom. The van der Waals surface area contributed by atoms with Gasteiger partial charge < -0.3 is 57.0 Å². The predicted molar refractivity (Wildman–Crippen MR) is 395 cm³/mol. The molecular formula is C79H71N10O4S2+. The number of H-pyrrole nitrogens is 2. The van der Waals surface area contributed by atoms with Gasteiger partial charge in [0.2, 0.25) is 0 Å². The second kappa shape index (κ2) is 22.2. The van der Waals surface area contributed by atoms with Crippen molar-refractivity contribution in [3.8, 4) is 5.69 Å². The molecule has 17 aromatic rings. The summed E-state index contributed by atoms with van der Waals surface area (Å²) in [6, 6.07) is 53.1. The van der Waals surface area contributed by atoms with E-state index in [4.69, 9.17) is 17.7 Å². The van der Waals surface area contributed by atoms with Crippen molar-refractivity contribution in [3.05, 3.63) is 224 Å². The first-order valence-corrected chi connectivity index (χ1v) is 33.9. The minimum absolute atomic E-state index is 0.252. The van der Waals surface area contributed by atoms with Gasteiger partial charge in [-0.3, -0.25) is 0 Å². The molecular weight excluding hydrogens is 1220 g/mol. The number of benzene rings is 8. The zero-order valence-electron chi connectivity index (χ0n) is 54.8. The van der Waals surface area contributed by atoms with E-state index in [-0.39, 0.29) is 6.17 Å². The van der Waals surface area contributed by atoms with Crippen molar-refractivity contribution in [2.45, 2.75) is 67.0 Å². The van der Waals surface area contributed by atoms with Crippen molar-refractivity contribution in [2.75, 3.05) is 35.8 Å². The lowest BCUT2D eigenvalue weighted by molar-refractivity contribution is -0.744. The third kappa shape index (κ3) is 9.20. The second-order valence-electron chi connectivity index (χ2n) is 25.6. The molecule has 16 heteroatoms. The molecule has 0 aliphatic carbocycles. The van der Waals surface area contributed by atoms with Gasteiger partial charge in [0.1, 0.15) is 46.6 Å². The van der Waals surface area contributed by atoms with E-state index in [1.54, 1.807) is 0 Å². The SMILES string of the molecule is Cc1cc2c(cc1-n1ccc[n+]1C)sc1c3ccccc3sc21.Cc1cc2c(cc1N1C=CN(C)[C@@H]1C)oc1oc3ccccc3c12.Cc1ccc2c([nH]c3[nH]c4ccccc4c32)c1N1C=CN(C)[C@@H]1C.Cc1ccc2c(oc3c4ccccc4oc23)c1N1C=CN(C)[C@@H]1C. The van der Waals surface area contributed by atoms with Crippen LogP contribution in [-0.4, -0.2) is 69.0 Å². The molecule has 0 saturated carbocycles. The van der Waals surface area contributed by atoms with Gasteiger partial charge in [-0.05, 0) is 125 Å². The van der Waals surface area contributed by atoms with Crippen molar-refractivity contribution in [1.82, 2.24) is 29.3 Å². The Kier molecular flexibility index (Phi) is 13.5. The number of nitrogens with zero attached hydrogens (tertiary/aromatic N) is 8. The van der Waals surface area contributed by atoms with Crippen LogP contribution in [0.25, 0.3) is 134 Å². The normalized spacial score (nSPS) is 16.4. The molecule has 0 spiro atoms. The van der Waals surface area contributed by atoms with Crippen LogP contribution in [0.4, 0.5) is 17.1 Å². The molecule has 3 atom stereocenters. The summed E-state index contributed by atoms with van der Waals surface area (Å²) in [4.78, 5) is 20.6. The van der Waals surface area contributed by atoms with Crippen LogP contribution < -0.4 is 19.4 Å². The molecule has 0 bridgehead atoms. The second-order valence-corrected chi connectivity index (χ2v) is 27.7. The van der Waals surface area contributed by atoms with Gasteiger partial charge in [-0.25, -0.2) is 0 Å². The Bertz CT molecular complexity index is 5970. The maximum atomic E-state index is 6.33. The number of para-hydroxylation sites is 3. The number of hydrogen-bond donors (Lipinski definition) is 2. The van der Waals surface area contributed by atoms with Crippen LogP contribution in [-0.2, 0) is 7.05 Å². The molecule has 2 N–H and O–H groups in total. The average Bonchev–Trinajstić information content (AvgIpc) is 1.60. The fourth-order valence-corrected chi connectivity index (χ4v) is 17.0. The summed E-state index contributed by atoms with van der Waals surface area (Å²) in [5.74, 6) is 0.602. The molecule has 0 radical (unpaired) electrons. The lowest BCUT2D eigenvalue weighted by atomic mass is 10.1. The highest BCUT2D eigenvalue weighted by molar-refractivity contribution is 7.36. The van der Waals surface area contributed by atoms with E-state index < -0.39 is 0 Å². The molecule has 3 aliphatic rings. The first-order chi connectivity index (χ1) is 46.1. The molecule has 472 valence electrons. The molecule has 0 saturated heterocycles. The number of thiophene rings is 2. The number of aryl methyl sites for hydroxylation is 5. The smallest absolute Gasteiger partial charge is 0.299 e. The number of rotatable bonds is 4. The van der Waals surface area contributed by atoms with Crippen LogP contribution in [0.1, 0.15) is 43.0 Å². The molecule has 8 aromatic carbocycles. The van der Waals surface area contributed by atoms with E-state index in [0.29, 0.717) is 18.1 Å². The van der Waals surface area contributed by atoms with Gasteiger partial charge in [-0.2, -0.15) is 0 Å². The molecule has 12 heterocycles.